The number of hydrogen-bond donors (Lipinski definition) is 3. The van der Waals surface area contributed by atoms with E-state index in [1.807, 2.05) is 0 Å². The molecular formula is C11H18N4OS. The van der Waals surface area contributed by atoms with Crippen molar-refractivity contribution in [3.05, 3.63) is 5.56 Å². The normalized spacial score (nSPS) is 16.6. The van der Waals surface area contributed by atoms with E-state index in [0.717, 1.165) is 17.3 Å². The van der Waals surface area contributed by atoms with Crippen molar-refractivity contribution in [2.45, 2.75) is 32.2 Å². The molecule has 0 aliphatic heterocycles. The molecular weight excluding hydrogens is 236 g/mol. The Morgan fingerprint density at radius 3 is 2.94 bits per heavy atom. The molecule has 0 spiro atoms. The Labute approximate surface area is 105 Å². The number of anilines is 2. The van der Waals surface area contributed by atoms with E-state index in [1.165, 1.54) is 24.4 Å². The number of nitrogens with one attached hydrogen (secondary N) is 2. The molecule has 5 nitrogen and oxygen atoms in total. The number of rotatable bonds is 5. The Morgan fingerprint density at radius 2 is 2.35 bits per heavy atom. The Morgan fingerprint density at radius 1 is 1.65 bits per heavy atom. The maximum absolute atomic E-state index is 11.7. The zero-order chi connectivity index (χ0) is 12.4. The van der Waals surface area contributed by atoms with E-state index >= 15 is 0 Å². The van der Waals surface area contributed by atoms with Gasteiger partial charge in [0, 0.05) is 13.1 Å². The van der Waals surface area contributed by atoms with Crippen molar-refractivity contribution in [1.82, 2.24) is 9.69 Å². The molecule has 2 rings (SSSR count). The van der Waals surface area contributed by atoms with E-state index in [2.05, 4.69) is 21.9 Å². The Hall–Kier alpha value is -1.30. The minimum absolute atomic E-state index is 0.183. The lowest BCUT2D eigenvalue weighted by molar-refractivity contribution is 0.0965. The van der Waals surface area contributed by atoms with E-state index in [9.17, 15) is 4.79 Å². The number of nitrogens with two attached hydrogens (primary N) is 1. The molecule has 1 atom stereocenters. The third kappa shape index (κ3) is 2.88. The molecule has 1 aromatic heterocycles. The summed E-state index contributed by atoms with van der Waals surface area (Å²) in [5, 5.41) is 6.69. The molecule has 1 aromatic rings. The fourth-order valence-electron chi connectivity index (χ4n) is 1.88. The molecule has 1 aliphatic rings. The lowest BCUT2D eigenvalue weighted by Gasteiger charge is -2.13. The van der Waals surface area contributed by atoms with Gasteiger partial charge in [-0.1, -0.05) is 12.8 Å². The average Bonchev–Trinajstić information content (AvgIpc) is 3.02. The predicted octanol–water partition coefficient (Wildman–Crippen LogP) is 1.69. The molecule has 4 N–H and O–H groups in total. The molecule has 0 saturated heterocycles. The van der Waals surface area contributed by atoms with Gasteiger partial charge < -0.3 is 16.4 Å². The van der Waals surface area contributed by atoms with Crippen LogP contribution in [-0.4, -0.2) is 23.4 Å². The number of amides is 1. The molecule has 6 heteroatoms. The number of nitrogen functional groups attached to an aromatic ring is 1. The maximum atomic E-state index is 11.7. The second kappa shape index (κ2) is 4.91. The first-order chi connectivity index (χ1) is 8.11. The van der Waals surface area contributed by atoms with Gasteiger partial charge in [-0.3, -0.25) is 4.79 Å². The fourth-order valence-corrected chi connectivity index (χ4v) is 2.71. The molecule has 1 aliphatic carbocycles. The van der Waals surface area contributed by atoms with Gasteiger partial charge in [-0.15, -0.1) is 0 Å². The van der Waals surface area contributed by atoms with Crippen LogP contribution in [0.25, 0.3) is 0 Å². The quantitative estimate of drug-likeness (QED) is 0.747. The summed E-state index contributed by atoms with van der Waals surface area (Å²) in [5.74, 6) is 0.971. The molecule has 1 fully saturated rings. The van der Waals surface area contributed by atoms with Crippen LogP contribution in [0.5, 0.6) is 0 Å². The summed E-state index contributed by atoms with van der Waals surface area (Å²) in [5.41, 5.74) is 6.18. The van der Waals surface area contributed by atoms with Crippen LogP contribution in [0.1, 0.15) is 36.5 Å². The fraction of sp³-hybridized carbons (Fsp3) is 0.636. The van der Waals surface area contributed by atoms with Crippen molar-refractivity contribution in [1.29, 1.82) is 0 Å². The highest BCUT2D eigenvalue weighted by molar-refractivity contribution is 7.11. The lowest BCUT2D eigenvalue weighted by Crippen LogP contribution is -2.22. The van der Waals surface area contributed by atoms with Crippen LogP contribution in [0, 0.1) is 5.92 Å². The van der Waals surface area contributed by atoms with E-state index in [4.69, 9.17) is 5.73 Å². The van der Waals surface area contributed by atoms with Gasteiger partial charge in [0.15, 0.2) is 5.82 Å². The zero-order valence-corrected chi connectivity index (χ0v) is 10.9. The molecule has 0 bridgehead atoms. The van der Waals surface area contributed by atoms with Gasteiger partial charge in [0.2, 0.25) is 0 Å². The minimum atomic E-state index is -0.183. The molecule has 1 heterocycles. The van der Waals surface area contributed by atoms with Crippen LogP contribution in [0.4, 0.5) is 10.8 Å². The second-order valence-corrected chi connectivity index (χ2v) is 5.35. The highest BCUT2D eigenvalue weighted by Gasteiger charge is 2.25. The SMILES string of the molecule is CNC(=O)c1c(N)nsc1NC(C)CC1CC1. The summed E-state index contributed by atoms with van der Waals surface area (Å²) in [6.45, 7) is 2.13. The molecule has 0 aromatic carbocycles. The van der Waals surface area contributed by atoms with Gasteiger partial charge >= 0.3 is 0 Å². The molecule has 94 valence electrons. The number of carbonyl (C=O) groups is 1. The first-order valence-corrected chi connectivity index (χ1v) is 6.63. The van der Waals surface area contributed by atoms with E-state index in [-0.39, 0.29) is 5.91 Å². The van der Waals surface area contributed by atoms with Crippen molar-refractivity contribution in [3.8, 4) is 0 Å². The van der Waals surface area contributed by atoms with Gasteiger partial charge in [-0.05, 0) is 30.8 Å². The van der Waals surface area contributed by atoms with Crippen molar-refractivity contribution < 1.29 is 4.79 Å². The molecule has 0 radical (unpaired) electrons. The third-order valence-electron chi connectivity index (χ3n) is 2.93. The average molecular weight is 254 g/mol. The zero-order valence-electron chi connectivity index (χ0n) is 10.1. The lowest BCUT2D eigenvalue weighted by atomic mass is 10.1. The number of carbonyl (C=O) groups excluding carboxylic acids is 1. The van der Waals surface area contributed by atoms with Crippen LogP contribution < -0.4 is 16.4 Å². The summed E-state index contributed by atoms with van der Waals surface area (Å²) < 4.78 is 4.03. The Kier molecular flexibility index (Phi) is 3.51. The van der Waals surface area contributed by atoms with Gasteiger partial charge in [-0.2, -0.15) is 4.37 Å². The largest absolute Gasteiger partial charge is 0.382 e. The van der Waals surface area contributed by atoms with Crippen LogP contribution >= 0.6 is 11.5 Å². The van der Waals surface area contributed by atoms with Gasteiger partial charge in [-0.25, -0.2) is 0 Å². The topological polar surface area (TPSA) is 80.0 Å². The van der Waals surface area contributed by atoms with Gasteiger partial charge in [0.05, 0.1) is 0 Å². The van der Waals surface area contributed by atoms with Gasteiger partial charge in [0.1, 0.15) is 10.6 Å². The van der Waals surface area contributed by atoms with Gasteiger partial charge in [0.25, 0.3) is 5.91 Å². The molecule has 1 saturated carbocycles. The molecule has 17 heavy (non-hydrogen) atoms. The van der Waals surface area contributed by atoms with Crippen molar-refractivity contribution in [2.75, 3.05) is 18.1 Å². The maximum Gasteiger partial charge on any atom is 0.257 e. The summed E-state index contributed by atoms with van der Waals surface area (Å²) >= 11 is 1.25. The van der Waals surface area contributed by atoms with Crippen molar-refractivity contribution in [3.63, 3.8) is 0 Å². The summed E-state index contributed by atoms with van der Waals surface area (Å²) in [7, 11) is 1.59. The first-order valence-electron chi connectivity index (χ1n) is 5.85. The number of hydrogen-bond acceptors (Lipinski definition) is 5. The number of aromatic nitrogens is 1. The predicted molar refractivity (Wildman–Crippen MR) is 70.3 cm³/mol. The Balaban J connectivity index is 2.06. The highest BCUT2D eigenvalue weighted by Crippen LogP contribution is 2.35. The second-order valence-electron chi connectivity index (χ2n) is 4.58. The van der Waals surface area contributed by atoms with E-state index in [1.54, 1.807) is 7.05 Å². The van der Waals surface area contributed by atoms with E-state index in [0.29, 0.717) is 17.4 Å². The summed E-state index contributed by atoms with van der Waals surface area (Å²) in [6, 6.07) is 0.353. The molecule has 1 unspecified atom stereocenters. The third-order valence-corrected chi connectivity index (χ3v) is 3.73. The first kappa shape index (κ1) is 12.2. The van der Waals surface area contributed by atoms with Crippen LogP contribution in [0.3, 0.4) is 0 Å². The highest BCUT2D eigenvalue weighted by atomic mass is 32.1. The smallest absolute Gasteiger partial charge is 0.257 e. The minimum Gasteiger partial charge on any atom is -0.382 e. The summed E-state index contributed by atoms with van der Waals surface area (Å²) in [4.78, 5) is 11.7. The van der Waals surface area contributed by atoms with Crippen molar-refractivity contribution >= 4 is 28.3 Å². The standard InChI is InChI=1S/C11H18N4OS/c1-6(5-7-3-4-7)14-11-8(10(16)13-2)9(12)15-17-11/h6-7,14H,3-5H2,1-2H3,(H2,12,15)(H,13,16). The van der Waals surface area contributed by atoms with Crippen molar-refractivity contribution in [2.24, 2.45) is 5.92 Å². The Bertz CT molecular complexity index is 414. The molecule has 1 amide bonds. The van der Waals surface area contributed by atoms with Crippen LogP contribution in [-0.2, 0) is 0 Å². The van der Waals surface area contributed by atoms with Crippen LogP contribution in [0.2, 0.25) is 0 Å². The van der Waals surface area contributed by atoms with E-state index < -0.39 is 0 Å². The summed E-state index contributed by atoms with van der Waals surface area (Å²) in [6.07, 6.45) is 3.81. The number of nitrogens with zero attached hydrogens (tertiary/aromatic N) is 1. The van der Waals surface area contributed by atoms with Crippen LogP contribution in [0.15, 0.2) is 0 Å². The monoisotopic (exact) mass is 254 g/mol.